The minimum Gasteiger partial charge on any atom is -0.396 e. The van der Waals surface area contributed by atoms with E-state index >= 15 is 0 Å². The first kappa shape index (κ1) is 15.8. The lowest BCUT2D eigenvalue weighted by Gasteiger charge is -2.23. The van der Waals surface area contributed by atoms with Gasteiger partial charge in [0.1, 0.15) is 0 Å². The van der Waals surface area contributed by atoms with Gasteiger partial charge < -0.3 is 10.4 Å². The van der Waals surface area contributed by atoms with Crippen LogP contribution in [0.2, 0.25) is 4.34 Å². The Morgan fingerprint density at radius 3 is 3.10 bits per heavy atom. The average molecular weight is 317 g/mol. The summed E-state index contributed by atoms with van der Waals surface area (Å²) < 4.78 is 0.748. The third kappa shape index (κ3) is 4.74. The second-order valence-corrected chi connectivity index (χ2v) is 6.91. The number of aliphatic hydroxyl groups excluding tert-OH is 1. The van der Waals surface area contributed by atoms with E-state index in [0.717, 1.165) is 41.4 Å². The second-order valence-electron chi connectivity index (χ2n) is 5.11. The Kier molecular flexibility index (Phi) is 6.29. The molecule has 0 bridgehead atoms. The number of aliphatic hydroxyl groups is 1. The molecule has 20 heavy (non-hydrogen) atoms. The molecule has 6 heteroatoms. The van der Waals surface area contributed by atoms with Crippen molar-refractivity contribution in [2.75, 3.05) is 19.7 Å². The van der Waals surface area contributed by atoms with E-state index in [1.54, 1.807) is 0 Å². The van der Waals surface area contributed by atoms with Crippen LogP contribution in [-0.2, 0) is 11.3 Å². The quantitative estimate of drug-likeness (QED) is 0.811. The zero-order valence-electron chi connectivity index (χ0n) is 11.5. The Morgan fingerprint density at radius 1 is 1.55 bits per heavy atom. The number of rotatable bonds is 7. The highest BCUT2D eigenvalue weighted by Gasteiger charge is 2.25. The average Bonchev–Trinajstić information content (AvgIpc) is 3.03. The molecule has 0 spiro atoms. The molecule has 1 aliphatic heterocycles. The van der Waals surface area contributed by atoms with E-state index in [2.05, 4.69) is 10.2 Å². The summed E-state index contributed by atoms with van der Waals surface area (Å²) in [4.78, 5) is 15.3. The van der Waals surface area contributed by atoms with Gasteiger partial charge in [-0.15, -0.1) is 11.3 Å². The lowest BCUT2D eigenvalue weighted by atomic mass is 10.1. The lowest BCUT2D eigenvalue weighted by Crippen LogP contribution is -2.39. The van der Waals surface area contributed by atoms with Crippen molar-refractivity contribution in [3.05, 3.63) is 21.3 Å². The number of hydrogen-bond donors (Lipinski definition) is 2. The first-order valence-electron chi connectivity index (χ1n) is 7.05. The fraction of sp³-hybridized carbons (Fsp3) is 0.643. The van der Waals surface area contributed by atoms with Gasteiger partial charge in [-0.3, -0.25) is 9.69 Å². The molecule has 1 fully saturated rings. The van der Waals surface area contributed by atoms with E-state index in [-0.39, 0.29) is 12.5 Å². The van der Waals surface area contributed by atoms with Gasteiger partial charge in [0.2, 0.25) is 5.91 Å². The van der Waals surface area contributed by atoms with Crippen LogP contribution < -0.4 is 5.32 Å². The van der Waals surface area contributed by atoms with Gasteiger partial charge in [0.05, 0.1) is 17.4 Å². The maximum absolute atomic E-state index is 12.0. The van der Waals surface area contributed by atoms with Crippen LogP contribution in [-0.4, -0.2) is 41.7 Å². The van der Waals surface area contributed by atoms with Gasteiger partial charge in [-0.1, -0.05) is 11.6 Å². The maximum atomic E-state index is 12.0. The summed E-state index contributed by atoms with van der Waals surface area (Å²) >= 11 is 7.35. The molecule has 1 saturated heterocycles. The minimum atomic E-state index is 0.0606. The molecule has 2 N–H and O–H groups in total. The van der Waals surface area contributed by atoms with Crippen molar-refractivity contribution < 1.29 is 9.90 Å². The van der Waals surface area contributed by atoms with E-state index in [1.807, 2.05) is 12.1 Å². The molecule has 2 rings (SSSR count). The first-order valence-corrected chi connectivity index (χ1v) is 8.24. The highest BCUT2D eigenvalue weighted by molar-refractivity contribution is 7.16. The molecule has 0 aromatic carbocycles. The topological polar surface area (TPSA) is 52.6 Å². The SMILES string of the molecule is O=C(CN1CCC[C@H]1CCCO)NCc1ccc(Cl)s1. The molecule has 1 atom stereocenters. The fourth-order valence-corrected chi connectivity index (χ4v) is 3.66. The summed E-state index contributed by atoms with van der Waals surface area (Å²) in [5.41, 5.74) is 0. The van der Waals surface area contributed by atoms with Crippen molar-refractivity contribution in [2.24, 2.45) is 0 Å². The van der Waals surface area contributed by atoms with E-state index in [0.29, 0.717) is 19.1 Å². The summed E-state index contributed by atoms with van der Waals surface area (Å²) in [6, 6.07) is 4.23. The Morgan fingerprint density at radius 2 is 2.40 bits per heavy atom. The zero-order valence-corrected chi connectivity index (χ0v) is 13.1. The summed E-state index contributed by atoms with van der Waals surface area (Å²) in [7, 11) is 0. The molecule has 4 nitrogen and oxygen atoms in total. The van der Waals surface area contributed by atoms with E-state index in [9.17, 15) is 4.79 Å². The van der Waals surface area contributed by atoms with Gasteiger partial charge >= 0.3 is 0 Å². The number of hydrogen-bond acceptors (Lipinski definition) is 4. The predicted octanol–water partition coefficient (Wildman–Crippen LogP) is 2.25. The smallest absolute Gasteiger partial charge is 0.234 e. The Hall–Kier alpha value is -0.620. The number of thiophene rings is 1. The number of carbonyl (C=O) groups is 1. The molecule has 1 aliphatic rings. The highest BCUT2D eigenvalue weighted by atomic mass is 35.5. The zero-order chi connectivity index (χ0) is 14.4. The Balaban J connectivity index is 1.73. The van der Waals surface area contributed by atoms with Crippen LogP contribution in [0.15, 0.2) is 12.1 Å². The van der Waals surface area contributed by atoms with Gasteiger partial charge in [0, 0.05) is 17.5 Å². The van der Waals surface area contributed by atoms with Crippen molar-refractivity contribution >= 4 is 28.8 Å². The summed E-state index contributed by atoms with van der Waals surface area (Å²) in [6.45, 7) is 2.21. The predicted molar refractivity (Wildman–Crippen MR) is 82.1 cm³/mol. The normalized spacial score (nSPS) is 19.4. The molecular formula is C14H21ClN2O2S. The molecule has 0 aliphatic carbocycles. The summed E-state index contributed by atoms with van der Waals surface area (Å²) in [5, 5.41) is 11.8. The summed E-state index contributed by atoms with van der Waals surface area (Å²) in [6.07, 6.45) is 4.07. The maximum Gasteiger partial charge on any atom is 0.234 e. The first-order chi connectivity index (χ1) is 9.69. The van der Waals surface area contributed by atoms with E-state index in [4.69, 9.17) is 16.7 Å². The van der Waals surface area contributed by atoms with Gasteiger partial charge in [-0.2, -0.15) is 0 Å². The lowest BCUT2D eigenvalue weighted by molar-refractivity contribution is -0.122. The van der Waals surface area contributed by atoms with Crippen LogP contribution in [0.4, 0.5) is 0 Å². The number of likely N-dealkylation sites (tertiary alicyclic amines) is 1. The molecule has 1 amide bonds. The van der Waals surface area contributed by atoms with Crippen LogP contribution in [0.25, 0.3) is 0 Å². The number of nitrogens with zero attached hydrogens (tertiary/aromatic N) is 1. The number of amides is 1. The van der Waals surface area contributed by atoms with Crippen LogP contribution in [0.3, 0.4) is 0 Å². The van der Waals surface area contributed by atoms with Crippen molar-refractivity contribution in [3.63, 3.8) is 0 Å². The molecule has 0 saturated carbocycles. The molecule has 2 heterocycles. The van der Waals surface area contributed by atoms with Crippen molar-refractivity contribution in [3.8, 4) is 0 Å². The highest BCUT2D eigenvalue weighted by Crippen LogP contribution is 2.22. The van der Waals surface area contributed by atoms with Crippen molar-refractivity contribution in [2.45, 2.75) is 38.3 Å². The molecule has 1 aromatic heterocycles. The van der Waals surface area contributed by atoms with Gasteiger partial charge in [0.15, 0.2) is 0 Å². The molecule has 112 valence electrons. The third-order valence-corrected chi connectivity index (χ3v) is 4.86. The van der Waals surface area contributed by atoms with Gasteiger partial charge in [0.25, 0.3) is 0 Å². The largest absolute Gasteiger partial charge is 0.396 e. The van der Waals surface area contributed by atoms with E-state index in [1.165, 1.54) is 11.3 Å². The summed E-state index contributed by atoms with van der Waals surface area (Å²) in [5.74, 6) is 0.0606. The number of halogens is 1. The van der Waals surface area contributed by atoms with Crippen LogP contribution in [0, 0.1) is 0 Å². The standard InChI is InChI=1S/C14H21ClN2O2S/c15-13-6-5-12(20-13)9-16-14(19)10-17-7-1-3-11(17)4-2-8-18/h5-6,11,18H,1-4,7-10H2,(H,16,19)/t11-/m0/s1. The van der Waals surface area contributed by atoms with Gasteiger partial charge in [-0.05, 0) is 44.4 Å². The van der Waals surface area contributed by atoms with Crippen LogP contribution >= 0.6 is 22.9 Å². The van der Waals surface area contributed by atoms with Crippen LogP contribution in [0.5, 0.6) is 0 Å². The second kappa shape index (κ2) is 7.98. The molecule has 0 unspecified atom stereocenters. The fourth-order valence-electron chi connectivity index (χ4n) is 2.63. The van der Waals surface area contributed by atoms with Crippen molar-refractivity contribution in [1.82, 2.24) is 10.2 Å². The monoisotopic (exact) mass is 316 g/mol. The number of nitrogens with one attached hydrogen (secondary N) is 1. The van der Waals surface area contributed by atoms with Crippen LogP contribution in [0.1, 0.15) is 30.6 Å². The molecule has 1 aromatic rings. The van der Waals surface area contributed by atoms with Crippen molar-refractivity contribution in [1.29, 1.82) is 0 Å². The third-order valence-electron chi connectivity index (χ3n) is 3.63. The number of carbonyl (C=O) groups excluding carboxylic acids is 1. The Bertz CT molecular complexity index is 439. The molecular weight excluding hydrogens is 296 g/mol. The van der Waals surface area contributed by atoms with E-state index < -0.39 is 0 Å². The molecule has 0 radical (unpaired) electrons. The van der Waals surface area contributed by atoms with Gasteiger partial charge in [-0.25, -0.2) is 0 Å². The Labute approximate surface area is 128 Å². The minimum absolute atomic E-state index is 0.0606.